The largest absolute Gasteiger partial charge is 0.421 e. The molecule has 0 saturated carbocycles. The number of ether oxygens (including phenoxy) is 1. The summed E-state index contributed by atoms with van der Waals surface area (Å²) in [7, 11) is -1.84. The minimum Gasteiger partial charge on any atom is -0.376 e. The Morgan fingerprint density at radius 3 is 2.50 bits per heavy atom. The molecule has 1 saturated heterocycles. The van der Waals surface area contributed by atoms with Gasteiger partial charge in [-0.3, -0.25) is 0 Å². The van der Waals surface area contributed by atoms with Crippen LogP contribution < -0.4 is 4.90 Å². The zero-order valence-corrected chi connectivity index (χ0v) is 21.4. The van der Waals surface area contributed by atoms with E-state index in [1.807, 2.05) is 18.1 Å². The number of aliphatic hydroxyl groups is 1. The zero-order chi connectivity index (χ0) is 26.1. The first-order valence-electron chi connectivity index (χ1n) is 11.1. The van der Waals surface area contributed by atoms with E-state index in [0.717, 1.165) is 17.0 Å². The molecule has 36 heavy (non-hydrogen) atoms. The SMILES string of the molecule is Cn1cnc(COC[C@H]2CN(S(=O)(=O)c3cccs3)CCN2c2ccc([C@@](C)(O)C(F)(F)F)cc2)c1. The molecule has 0 amide bonds. The number of thiophene rings is 1. The Morgan fingerprint density at radius 2 is 1.92 bits per heavy atom. The molecule has 8 nitrogen and oxygen atoms in total. The summed E-state index contributed by atoms with van der Waals surface area (Å²) in [6.07, 6.45) is -1.35. The summed E-state index contributed by atoms with van der Waals surface area (Å²) in [4.78, 5) is 6.14. The highest BCUT2D eigenvalue weighted by molar-refractivity contribution is 7.91. The molecular formula is C23H27F3N4O4S2. The van der Waals surface area contributed by atoms with Gasteiger partial charge >= 0.3 is 6.18 Å². The van der Waals surface area contributed by atoms with Gasteiger partial charge in [-0.05, 0) is 36.1 Å². The molecule has 0 spiro atoms. The molecular weight excluding hydrogens is 517 g/mol. The average Bonchev–Trinajstić information content (AvgIpc) is 3.51. The molecule has 1 aliphatic heterocycles. The van der Waals surface area contributed by atoms with Crippen molar-refractivity contribution in [3.8, 4) is 0 Å². The van der Waals surface area contributed by atoms with Crippen LogP contribution in [-0.2, 0) is 34.0 Å². The maximum Gasteiger partial charge on any atom is 0.421 e. The van der Waals surface area contributed by atoms with Crippen LogP contribution in [0.25, 0.3) is 0 Å². The third kappa shape index (κ3) is 5.44. The summed E-state index contributed by atoms with van der Waals surface area (Å²) < 4.78 is 75.3. The molecule has 3 heterocycles. The van der Waals surface area contributed by atoms with Crippen molar-refractivity contribution in [3.05, 3.63) is 65.6 Å². The van der Waals surface area contributed by atoms with Crippen molar-refractivity contribution in [1.82, 2.24) is 13.9 Å². The number of aryl methyl sites for hydroxylation is 1. The van der Waals surface area contributed by atoms with Crippen LogP contribution in [0.3, 0.4) is 0 Å². The lowest BCUT2D eigenvalue weighted by Crippen LogP contribution is -2.56. The quantitative estimate of drug-likeness (QED) is 0.468. The van der Waals surface area contributed by atoms with Crippen molar-refractivity contribution in [2.24, 2.45) is 7.05 Å². The summed E-state index contributed by atoms with van der Waals surface area (Å²) in [5, 5.41) is 11.7. The molecule has 4 rings (SSSR count). The number of rotatable bonds is 8. The number of sulfonamides is 1. The van der Waals surface area contributed by atoms with E-state index in [9.17, 15) is 26.7 Å². The van der Waals surface area contributed by atoms with Gasteiger partial charge < -0.3 is 19.3 Å². The van der Waals surface area contributed by atoms with E-state index in [-0.39, 0.29) is 36.1 Å². The van der Waals surface area contributed by atoms with E-state index in [4.69, 9.17) is 4.74 Å². The second kappa shape index (κ2) is 10.1. The standard InChI is InChI=1S/C23H27F3N4O4S2/c1-22(31,23(24,25)26)17-5-7-19(8-6-17)30-10-9-29(36(32,33)21-4-3-11-35-21)13-20(30)15-34-14-18-12-28(2)16-27-18/h3-8,11-12,16,20,31H,9-10,13-15H2,1-2H3/t20-,22-/m1/s1. The van der Waals surface area contributed by atoms with Gasteiger partial charge in [-0.1, -0.05) is 18.2 Å². The van der Waals surface area contributed by atoms with Gasteiger partial charge in [0.05, 0.1) is 31.3 Å². The molecule has 2 atom stereocenters. The number of benzene rings is 1. The van der Waals surface area contributed by atoms with Crippen LogP contribution in [0.15, 0.2) is 58.5 Å². The first-order valence-corrected chi connectivity index (χ1v) is 13.5. The monoisotopic (exact) mass is 544 g/mol. The predicted octanol–water partition coefficient (Wildman–Crippen LogP) is 3.35. The van der Waals surface area contributed by atoms with Crippen LogP contribution in [-0.4, -0.2) is 65.8 Å². The van der Waals surface area contributed by atoms with Gasteiger partial charge in [-0.15, -0.1) is 11.3 Å². The maximum atomic E-state index is 13.2. The number of aromatic nitrogens is 2. The van der Waals surface area contributed by atoms with Gasteiger partial charge in [-0.2, -0.15) is 17.5 Å². The highest BCUT2D eigenvalue weighted by Gasteiger charge is 2.51. The minimum atomic E-state index is -4.82. The van der Waals surface area contributed by atoms with Crippen molar-refractivity contribution >= 4 is 27.0 Å². The molecule has 3 aromatic rings. The molecule has 0 aliphatic carbocycles. The van der Waals surface area contributed by atoms with E-state index in [2.05, 4.69) is 4.98 Å². The fraction of sp³-hybridized carbons (Fsp3) is 0.435. The summed E-state index contributed by atoms with van der Waals surface area (Å²) >= 11 is 1.14. The second-order valence-electron chi connectivity index (χ2n) is 8.80. The third-order valence-corrected chi connectivity index (χ3v) is 9.40. The lowest BCUT2D eigenvalue weighted by molar-refractivity contribution is -0.258. The summed E-state index contributed by atoms with van der Waals surface area (Å²) in [5.41, 5.74) is -1.93. The van der Waals surface area contributed by atoms with E-state index >= 15 is 0 Å². The number of anilines is 1. The lowest BCUT2D eigenvalue weighted by Gasteiger charge is -2.42. The number of hydrogen-bond donors (Lipinski definition) is 1. The Morgan fingerprint density at radius 1 is 1.19 bits per heavy atom. The predicted molar refractivity (Wildman–Crippen MR) is 129 cm³/mol. The molecule has 13 heteroatoms. The molecule has 1 N–H and O–H groups in total. The van der Waals surface area contributed by atoms with Gasteiger partial charge in [-0.25, -0.2) is 13.4 Å². The summed E-state index contributed by atoms with van der Waals surface area (Å²) in [6.45, 7) is 1.79. The molecule has 1 aromatic carbocycles. The van der Waals surface area contributed by atoms with Gasteiger partial charge in [0.15, 0.2) is 5.60 Å². The molecule has 0 unspecified atom stereocenters. The van der Waals surface area contributed by atoms with Gasteiger partial charge in [0.25, 0.3) is 10.0 Å². The Balaban J connectivity index is 1.55. The Kier molecular flexibility index (Phi) is 7.49. The molecule has 2 aromatic heterocycles. The number of imidazole rings is 1. The van der Waals surface area contributed by atoms with Crippen molar-refractivity contribution in [3.63, 3.8) is 0 Å². The van der Waals surface area contributed by atoms with E-state index in [0.29, 0.717) is 19.2 Å². The number of piperazine rings is 1. The molecule has 0 radical (unpaired) electrons. The number of alkyl halides is 3. The zero-order valence-electron chi connectivity index (χ0n) is 19.7. The van der Waals surface area contributed by atoms with Gasteiger partial charge in [0, 0.05) is 38.6 Å². The molecule has 1 aliphatic rings. The van der Waals surface area contributed by atoms with Crippen LogP contribution in [0.1, 0.15) is 18.2 Å². The van der Waals surface area contributed by atoms with E-state index < -0.39 is 27.8 Å². The van der Waals surface area contributed by atoms with Gasteiger partial charge in [0.1, 0.15) is 4.21 Å². The second-order valence-corrected chi connectivity index (χ2v) is 11.9. The van der Waals surface area contributed by atoms with Crippen molar-refractivity contribution in [1.29, 1.82) is 0 Å². The minimum absolute atomic E-state index is 0.143. The third-order valence-electron chi connectivity index (χ3n) is 6.17. The first kappa shape index (κ1) is 26.6. The van der Waals surface area contributed by atoms with Crippen LogP contribution in [0, 0.1) is 0 Å². The first-order chi connectivity index (χ1) is 16.9. The van der Waals surface area contributed by atoms with Crippen molar-refractivity contribution < 1.29 is 31.4 Å². The van der Waals surface area contributed by atoms with Gasteiger partial charge in [0.2, 0.25) is 0 Å². The van der Waals surface area contributed by atoms with Crippen LogP contribution in [0.5, 0.6) is 0 Å². The fourth-order valence-corrected chi connectivity index (χ4v) is 6.66. The normalized spacial score (nSPS) is 19.4. The van der Waals surface area contributed by atoms with Crippen molar-refractivity contribution in [2.45, 2.75) is 35.6 Å². The highest BCUT2D eigenvalue weighted by atomic mass is 32.2. The Labute approximate surface area is 211 Å². The Bertz CT molecular complexity index is 1260. The smallest absolute Gasteiger partial charge is 0.376 e. The van der Waals surface area contributed by atoms with Crippen LogP contribution in [0.4, 0.5) is 18.9 Å². The van der Waals surface area contributed by atoms with E-state index in [1.165, 1.54) is 28.6 Å². The van der Waals surface area contributed by atoms with Crippen LogP contribution in [0.2, 0.25) is 0 Å². The number of nitrogens with zero attached hydrogens (tertiary/aromatic N) is 4. The highest BCUT2D eigenvalue weighted by Crippen LogP contribution is 2.39. The van der Waals surface area contributed by atoms with E-state index in [1.54, 1.807) is 28.4 Å². The fourth-order valence-electron chi connectivity index (χ4n) is 4.05. The van der Waals surface area contributed by atoms with Crippen molar-refractivity contribution in [2.75, 3.05) is 31.1 Å². The number of hydrogen-bond acceptors (Lipinski definition) is 7. The molecule has 0 bridgehead atoms. The summed E-state index contributed by atoms with van der Waals surface area (Å²) in [6, 6.07) is 8.33. The Hall–Kier alpha value is -2.45. The van der Waals surface area contributed by atoms with Crippen LogP contribution >= 0.6 is 11.3 Å². The summed E-state index contributed by atoms with van der Waals surface area (Å²) in [5.74, 6) is 0. The topological polar surface area (TPSA) is 87.9 Å². The molecule has 196 valence electrons. The maximum absolute atomic E-state index is 13.2. The average molecular weight is 545 g/mol. The lowest BCUT2D eigenvalue weighted by atomic mass is 9.95. The number of halogens is 3. The molecule has 1 fully saturated rings.